The normalized spacial score (nSPS) is 41.1. The second kappa shape index (κ2) is 7.74. The zero-order valence-electron chi connectivity index (χ0n) is 18.7. The van der Waals surface area contributed by atoms with Gasteiger partial charge in [-0.15, -0.1) is 0 Å². The molecule has 29 heavy (non-hydrogen) atoms. The lowest BCUT2D eigenvalue weighted by Gasteiger charge is -2.57. The second-order valence-corrected chi connectivity index (χ2v) is 10.7. The van der Waals surface area contributed by atoms with E-state index in [-0.39, 0.29) is 17.4 Å². The van der Waals surface area contributed by atoms with Gasteiger partial charge in [0.15, 0.2) is 0 Å². The SMILES string of the molecule is CC(=O)OC(C[C@H]1CC[C@H]2[C@@H]3CC=C4CCCC[C@]4(C)[C@H]3CC[C@]12C)OC(C)=O. The van der Waals surface area contributed by atoms with E-state index < -0.39 is 6.29 Å². The maximum absolute atomic E-state index is 11.5. The Bertz CT molecular complexity index is 681. The summed E-state index contributed by atoms with van der Waals surface area (Å²) >= 11 is 0. The van der Waals surface area contributed by atoms with Crippen molar-refractivity contribution in [1.82, 2.24) is 0 Å². The van der Waals surface area contributed by atoms with Crippen LogP contribution in [0, 0.1) is 34.5 Å². The number of ether oxygens (including phenoxy) is 2. The first-order valence-corrected chi connectivity index (χ1v) is 11.8. The minimum atomic E-state index is -0.739. The molecule has 6 atom stereocenters. The van der Waals surface area contributed by atoms with Gasteiger partial charge in [-0.3, -0.25) is 9.59 Å². The van der Waals surface area contributed by atoms with Crippen LogP contribution in [0.4, 0.5) is 0 Å². The van der Waals surface area contributed by atoms with Crippen molar-refractivity contribution in [2.24, 2.45) is 34.5 Å². The van der Waals surface area contributed by atoms with Crippen LogP contribution in [0.15, 0.2) is 11.6 Å². The third-order valence-corrected chi connectivity index (χ3v) is 9.29. The Morgan fingerprint density at radius 2 is 1.76 bits per heavy atom. The third kappa shape index (κ3) is 3.65. The number of esters is 2. The van der Waals surface area contributed by atoms with E-state index in [0.29, 0.717) is 17.8 Å². The number of hydrogen-bond acceptors (Lipinski definition) is 4. The summed E-state index contributed by atoms with van der Waals surface area (Å²) in [5, 5.41) is 0. The fraction of sp³-hybridized carbons (Fsp3) is 0.840. The molecular formula is C25H38O4. The van der Waals surface area contributed by atoms with Crippen LogP contribution in [-0.4, -0.2) is 18.2 Å². The van der Waals surface area contributed by atoms with Crippen LogP contribution in [0.2, 0.25) is 0 Å². The van der Waals surface area contributed by atoms with Crippen molar-refractivity contribution in [3.05, 3.63) is 11.6 Å². The Balaban J connectivity index is 1.52. The van der Waals surface area contributed by atoms with Gasteiger partial charge in [0, 0.05) is 20.3 Å². The van der Waals surface area contributed by atoms with Crippen LogP contribution >= 0.6 is 0 Å². The smallest absolute Gasteiger partial charge is 0.305 e. The molecule has 0 aliphatic heterocycles. The lowest BCUT2D eigenvalue weighted by molar-refractivity contribution is -0.190. The first-order chi connectivity index (χ1) is 13.7. The first-order valence-electron chi connectivity index (χ1n) is 11.8. The third-order valence-electron chi connectivity index (χ3n) is 9.29. The van der Waals surface area contributed by atoms with Gasteiger partial charge in [-0.1, -0.05) is 31.9 Å². The standard InChI is InChI=1S/C25H38O4/c1-16(26)28-23(29-17(2)27)15-19-9-11-21-20-10-8-18-7-5-6-13-24(18,3)22(20)12-14-25(19,21)4/h8,19-23H,5-7,9-15H2,1-4H3/t19-,20+,21+,22+,24+,25-/m1/s1. The van der Waals surface area contributed by atoms with Crippen LogP contribution in [0.3, 0.4) is 0 Å². The van der Waals surface area contributed by atoms with Gasteiger partial charge in [0.1, 0.15) is 0 Å². The van der Waals surface area contributed by atoms with Gasteiger partial charge >= 0.3 is 11.9 Å². The summed E-state index contributed by atoms with van der Waals surface area (Å²) in [6.45, 7) is 7.79. The van der Waals surface area contributed by atoms with Crippen molar-refractivity contribution in [2.75, 3.05) is 0 Å². The monoisotopic (exact) mass is 402 g/mol. The number of carbonyl (C=O) groups excluding carboxylic acids is 2. The van der Waals surface area contributed by atoms with Gasteiger partial charge in [-0.05, 0) is 85.9 Å². The number of carbonyl (C=O) groups is 2. The van der Waals surface area contributed by atoms with Crippen molar-refractivity contribution in [1.29, 1.82) is 0 Å². The average molecular weight is 403 g/mol. The van der Waals surface area contributed by atoms with Gasteiger partial charge < -0.3 is 9.47 Å². The Morgan fingerprint density at radius 1 is 1.03 bits per heavy atom. The molecular weight excluding hydrogens is 364 g/mol. The lowest BCUT2D eigenvalue weighted by Crippen LogP contribution is -2.49. The molecule has 0 amide bonds. The minimum absolute atomic E-state index is 0.260. The summed E-state index contributed by atoms with van der Waals surface area (Å²) in [4.78, 5) is 23.0. The summed E-state index contributed by atoms with van der Waals surface area (Å²) in [7, 11) is 0. The van der Waals surface area contributed by atoms with Crippen molar-refractivity contribution >= 4 is 11.9 Å². The highest BCUT2D eigenvalue weighted by atomic mass is 16.7. The van der Waals surface area contributed by atoms with E-state index >= 15 is 0 Å². The molecule has 4 rings (SSSR count). The highest BCUT2D eigenvalue weighted by Gasteiger charge is 2.58. The highest BCUT2D eigenvalue weighted by molar-refractivity contribution is 5.68. The Kier molecular flexibility index (Phi) is 5.59. The van der Waals surface area contributed by atoms with E-state index in [1.165, 1.54) is 65.2 Å². The minimum Gasteiger partial charge on any atom is -0.425 e. The Morgan fingerprint density at radius 3 is 2.45 bits per heavy atom. The zero-order chi connectivity index (χ0) is 20.8. The molecule has 0 aromatic carbocycles. The van der Waals surface area contributed by atoms with E-state index in [4.69, 9.17) is 9.47 Å². The van der Waals surface area contributed by atoms with Gasteiger partial charge in [0.2, 0.25) is 6.29 Å². The van der Waals surface area contributed by atoms with Gasteiger partial charge in [0.05, 0.1) is 0 Å². The second-order valence-electron chi connectivity index (χ2n) is 10.7. The summed E-state index contributed by atoms with van der Waals surface area (Å²) in [6, 6.07) is 0. The lowest BCUT2D eigenvalue weighted by atomic mass is 9.47. The molecule has 0 aromatic heterocycles. The Hall–Kier alpha value is -1.32. The van der Waals surface area contributed by atoms with Crippen molar-refractivity contribution in [2.45, 2.75) is 98.2 Å². The van der Waals surface area contributed by atoms with Crippen LogP contribution in [-0.2, 0) is 19.1 Å². The summed E-state index contributed by atoms with van der Waals surface area (Å²) in [5.74, 6) is 2.04. The first kappa shape index (κ1) is 20.9. The molecule has 0 heterocycles. The molecule has 4 aliphatic rings. The summed E-state index contributed by atoms with van der Waals surface area (Å²) in [5.41, 5.74) is 2.45. The van der Waals surface area contributed by atoms with E-state index in [1.54, 1.807) is 5.57 Å². The number of hydrogen-bond donors (Lipinski definition) is 0. The molecule has 4 aliphatic carbocycles. The molecule has 3 fully saturated rings. The molecule has 0 bridgehead atoms. The maximum atomic E-state index is 11.5. The van der Waals surface area contributed by atoms with Gasteiger partial charge in [0.25, 0.3) is 0 Å². The van der Waals surface area contributed by atoms with E-state index in [0.717, 1.165) is 24.2 Å². The van der Waals surface area contributed by atoms with Crippen LogP contribution in [0.1, 0.15) is 91.9 Å². The fourth-order valence-corrected chi connectivity index (χ4v) is 7.92. The summed E-state index contributed by atoms with van der Waals surface area (Å²) in [6.07, 6.45) is 14.2. The average Bonchev–Trinajstić information content (AvgIpc) is 2.96. The maximum Gasteiger partial charge on any atom is 0.305 e. The number of rotatable bonds is 4. The van der Waals surface area contributed by atoms with Crippen molar-refractivity contribution in [3.8, 4) is 0 Å². The van der Waals surface area contributed by atoms with E-state index in [2.05, 4.69) is 19.9 Å². The van der Waals surface area contributed by atoms with Crippen LogP contribution in [0.5, 0.6) is 0 Å². The fourth-order valence-electron chi connectivity index (χ4n) is 7.92. The topological polar surface area (TPSA) is 52.6 Å². The van der Waals surface area contributed by atoms with Crippen molar-refractivity contribution in [3.63, 3.8) is 0 Å². The Labute approximate surface area is 175 Å². The molecule has 4 heteroatoms. The van der Waals surface area contributed by atoms with E-state index in [1.807, 2.05) is 0 Å². The molecule has 0 radical (unpaired) electrons. The van der Waals surface area contributed by atoms with Gasteiger partial charge in [-0.25, -0.2) is 0 Å². The number of fused-ring (bicyclic) bond motifs is 5. The van der Waals surface area contributed by atoms with Crippen LogP contribution < -0.4 is 0 Å². The molecule has 162 valence electrons. The molecule has 0 N–H and O–H groups in total. The van der Waals surface area contributed by atoms with Crippen LogP contribution in [0.25, 0.3) is 0 Å². The van der Waals surface area contributed by atoms with Crippen molar-refractivity contribution < 1.29 is 19.1 Å². The molecule has 0 unspecified atom stereocenters. The summed E-state index contributed by atoms with van der Waals surface area (Å²) < 4.78 is 10.7. The van der Waals surface area contributed by atoms with Gasteiger partial charge in [-0.2, -0.15) is 0 Å². The molecule has 0 spiro atoms. The molecule has 3 saturated carbocycles. The largest absolute Gasteiger partial charge is 0.425 e. The predicted octanol–water partition coefficient (Wildman–Crippen LogP) is 5.80. The predicted molar refractivity (Wildman–Crippen MR) is 112 cm³/mol. The molecule has 0 aromatic rings. The van der Waals surface area contributed by atoms with E-state index in [9.17, 15) is 9.59 Å². The quantitative estimate of drug-likeness (QED) is 0.339. The molecule has 0 saturated heterocycles. The molecule has 4 nitrogen and oxygen atoms in total. The zero-order valence-corrected chi connectivity index (χ0v) is 18.7. The number of allylic oxidation sites excluding steroid dienone is 2. The highest BCUT2D eigenvalue weighted by Crippen LogP contribution is 2.66.